The molecule has 10 atom stereocenters. The van der Waals surface area contributed by atoms with Crippen molar-refractivity contribution in [1.82, 2.24) is 0 Å². The zero-order valence-corrected chi connectivity index (χ0v) is 22.4. The van der Waals surface area contributed by atoms with Crippen molar-refractivity contribution in [2.45, 2.75) is 132 Å². The van der Waals surface area contributed by atoms with Gasteiger partial charge in [0.1, 0.15) is 0 Å². The minimum absolute atomic E-state index is 0.560. The van der Waals surface area contributed by atoms with Crippen LogP contribution in [-0.4, -0.2) is 0 Å². The van der Waals surface area contributed by atoms with Gasteiger partial charge in [-0.05, 0) is 127 Å². The Balaban J connectivity index is 1.50. The van der Waals surface area contributed by atoms with E-state index in [1.807, 2.05) is 0 Å². The second-order valence-corrected chi connectivity index (χ2v) is 15.2. The van der Waals surface area contributed by atoms with Gasteiger partial charge in [-0.15, -0.1) is 0 Å². The van der Waals surface area contributed by atoms with Crippen LogP contribution in [0.4, 0.5) is 0 Å². The summed E-state index contributed by atoms with van der Waals surface area (Å²) in [5.74, 6) is 5.86. The Hall–Kier alpha value is 0. The molecule has 0 heterocycles. The lowest BCUT2D eigenvalue weighted by Crippen LogP contribution is -2.65. The Labute approximate surface area is 195 Å². The fourth-order valence-electron chi connectivity index (χ4n) is 12.3. The van der Waals surface area contributed by atoms with Crippen molar-refractivity contribution in [3.05, 3.63) is 0 Å². The van der Waals surface area contributed by atoms with E-state index >= 15 is 0 Å². The van der Waals surface area contributed by atoms with Crippen LogP contribution in [0.3, 0.4) is 0 Å². The zero-order valence-electron chi connectivity index (χ0n) is 22.4. The minimum atomic E-state index is 0.560. The molecule has 178 valence electrons. The molecule has 0 aromatic heterocycles. The van der Waals surface area contributed by atoms with Crippen molar-refractivity contribution in [3.63, 3.8) is 0 Å². The fourth-order valence-corrected chi connectivity index (χ4v) is 12.3. The van der Waals surface area contributed by atoms with Crippen LogP contribution in [0.5, 0.6) is 0 Å². The van der Waals surface area contributed by atoms with Gasteiger partial charge in [0.05, 0.1) is 0 Å². The molecular formula is C31H54. The van der Waals surface area contributed by atoms with Gasteiger partial charge in [0, 0.05) is 0 Å². The van der Waals surface area contributed by atoms with Crippen LogP contribution in [0.15, 0.2) is 0 Å². The molecule has 31 heavy (non-hydrogen) atoms. The van der Waals surface area contributed by atoms with Crippen molar-refractivity contribution >= 4 is 0 Å². The molecule has 5 aliphatic rings. The molecule has 0 aromatic carbocycles. The maximum absolute atomic E-state index is 2.82. The lowest BCUT2D eigenvalue weighted by atomic mass is 9.32. The molecule has 0 aliphatic heterocycles. The SMILES string of the molecule is CC[C@H](C)[C@@H]1CC[C@@]2(C)[C@@H]1CC[C@]1(C)[C@@H]2CC[C@@H]2[C@@]3(C)CCCC(C)(C)[C@@H]3CC[C@]21C. The number of fused-ring (bicyclic) bond motifs is 7. The van der Waals surface area contributed by atoms with Crippen LogP contribution < -0.4 is 0 Å². The van der Waals surface area contributed by atoms with Crippen molar-refractivity contribution in [2.75, 3.05) is 0 Å². The molecule has 0 N–H and O–H groups in total. The monoisotopic (exact) mass is 426 g/mol. The predicted molar refractivity (Wildman–Crippen MR) is 134 cm³/mol. The quantitative estimate of drug-likeness (QED) is 0.412. The van der Waals surface area contributed by atoms with Crippen LogP contribution in [0.25, 0.3) is 0 Å². The first-order chi connectivity index (χ1) is 14.4. The molecule has 0 bridgehead atoms. The summed E-state index contributed by atoms with van der Waals surface area (Å²) >= 11 is 0. The van der Waals surface area contributed by atoms with Gasteiger partial charge in [-0.25, -0.2) is 0 Å². The summed E-state index contributed by atoms with van der Waals surface area (Å²) in [5.41, 5.74) is 2.91. The standard InChI is InChI=1S/C31H54/c1-9-21(2)22-13-18-28(5)23(22)14-19-30(7)25(28)11-12-26-29(6)17-10-16-27(3,4)24(29)15-20-31(26,30)8/h21-26H,9-20H2,1-8H3/t21-,22-,23+,24-,25+,26+,28-,29-,30+,31+/m0/s1. The van der Waals surface area contributed by atoms with E-state index in [-0.39, 0.29) is 0 Å². The highest BCUT2D eigenvalue weighted by Gasteiger charge is 2.70. The first kappa shape index (κ1) is 22.8. The van der Waals surface area contributed by atoms with Crippen molar-refractivity contribution < 1.29 is 0 Å². The molecule has 0 radical (unpaired) electrons. The maximum Gasteiger partial charge on any atom is -0.0235 e. The summed E-state index contributed by atoms with van der Waals surface area (Å²) in [7, 11) is 0. The van der Waals surface area contributed by atoms with Gasteiger partial charge in [-0.2, -0.15) is 0 Å². The summed E-state index contributed by atoms with van der Waals surface area (Å²) < 4.78 is 0. The van der Waals surface area contributed by atoms with Gasteiger partial charge >= 0.3 is 0 Å². The summed E-state index contributed by atoms with van der Waals surface area (Å²) in [5, 5.41) is 0. The summed E-state index contributed by atoms with van der Waals surface area (Å²) in [6.45, 7) is 21.4. The topological polar surface area (TPSA) is 0 Å². The van der Waals surface area contributed by atoms with Gasteiger partial charge in [-0.1, -0.05) is 68.2 Å². The second kappa shape index (κ2) is 7.01. The average molecular weight is 427 g/mol. The molecule has 5 saturated carbocycles. The molecule has 0 heteroatoms. The lowest BCUT2D eigenvalue weighted by molar-refractivity contribution is -0.241. The summed E-state index contributed by atoms with van der Waals surface area (Å²) in [4.78, 5) is 0. The second-order valence-electron chi connectivity index (χ2n) is 15.2. The molecule has 5 rings (SSSR count). The summed E-state index contributed by atoms with van der Waals surface area (Å²) in [6.07, 6.45) is 18.1. The number of rotatable bonds is 2. The van der Waals surface area contributed by atoms with Crippen LogP contribution in [-0.2, 0) is 0 Å². The van der Waals surface area contributed by atoms with Crippen molar-refractivity contribution in [2.24, 2.45) is 62.6 Å². The summed E-state index contributed by atoms with van der Waals surface area (Å²) in [6, 6.07) is 0. The lowest BCUT2D eigenvalue weighted by Gasteiger charge is -2.73. The Kier molecular flexibility index (Phi) is 5.15. The van der Waals surface area contributed by atoms with Gasteiger partial charge in [0.15, 0.2) is 0 Å². The highest BCUT2D eigenvalue weighted by atomic mass is 14.7. The number of hydrogen-bond acceptors (Lipinski definition) is 0. The Morgan fingerprint density at radius 3 is 1.90 bits per heavy atom. The third kappa shape index (κ3) is 2.78. The van der Waals surface area contributed by atoms with Gasteiger partial charge in [0.25, 0.3) is 0 Å². The van der Waals surface area contributed by atoms with Crippen LogP contribution in [0.2, 0.25) is 0 Å². The van der Waals surface area contributed by atoms with Crippen LogP contribution >= 0.6 is 0 Å². The molecule has 0 saturated heterocycles. The molecule has 0 amide bonds. The van der Waals surface area contributed by atoms with Crippen molar-refractivity contribution in [3.8, 4) is 0 Å². The van der Waals surface area contributed by atoms with E-state index < -0.39 is 0 Å². The smallest absolute Gasteiger partial charge is 0.0235 e. The van der Waals surface area contributed by atoms with E-state index in [1.165, 1.54) is 70.6 Å². The van der Waals surface area contributed by atoms with E-state index in [9.17, 15) is 0 Å². The van der Waals surface area contributed by atoms with E-state index in [2.05, 4.69) is 55.4 Å². The first-order valence-electron chi connectivity index (χ1n) is 14.4. The third-order valence-electron chi connectivity index (χ3n) is 14.1. The van der Waals surface area contributed by atoms with E-state index in [0.717, 1.165) is 35.5 Å². The van der Waals surface area contributed by atoms with E-state index in [0.29, 0.717) is 27.1 Å². The highest BCUT2D eigenvalue weighted by molar-refractivity contribution is 5.19. The third-order valence-corrected chi connectivity index (χ3v) is 14.1. The van der Waals surface area contributed by atoms with Crippen LogP contribution in [0.1, 0.15) is 132 Å². The largest absolute Gasteiger partial charge is 0.0651 e. The fraction of sp³-hybridized carbons (Fsp3) is 1.00. The van der Waals surface area contributed by atoms with E-state index in [1.54, 1.807) is 6.42 Å². The normalized spacial score (nSPS) is 56.7. The molecule has 5 fully saturated rings. The molecular weight excluding hydrogens is 372 g/mol. The van der Waals surface area contributed by atoms with Crippen molar-refractivity contribution in [1.29, 1.82) is 0 Å². The predicted octanol–water partition coefficient (Wildman–Crippen LogP) is 9.52. The van der Waals surface area contributed by atoms with Crippen LogP contribution in [0, 0.1) is 62.6 Å². The molecule has 0 aromatic rings. The first-order valence-corrected chi connectivity index (χ1v) is 14.4. The van der Waals surface area contributed by atoms with Gasteiger partial charge < -0.3 is 0 Å². The van der Waals surface area contributed by atoms with E-state index in [4.69, 9.17) is 0 Å². The molecule has 0 spiro atoms. The average Bonchev–Trinajstić information content (AvgIpc) is 3.04. The molecule has 0 unspecified atom stereocenters. The Morgan fingerprint density at radius 2 is 1.26 bits per heavy atom. The number of hydrogen-bond donors (Lipinski definition) is 0. The highest BCUT2D eigenvalue weighted by Crippen LogP contribution is 2.78. The Bertz CT molecular complexity index is 705. The molecule has 0 nitrogen and oxygen atoms in total. The zero-order chi connectivity index (χ0) is 22.4. The molecule has 5 aliphatic carbocycles. The van der Waals surface area contributed by atoms with Gasteiger partial charge in [-0.3, -0.25) is 0 Å². The maximum atomic E-state index is 2.82. The minimum Gasteiger partial charge on any atom is -0.0651 e. The van der Waals surface area contributed by atoms with Gasteiger partial charge in [0.2, 0.25) is 0 Å². The Morgan fingerprint density at radius 1 is 0.645 bits per heavy atom.